The molecule has 162 valence electrons. The van der Waals surface area contributed by atoms with E-state index < -0.39 is 34.6 Å². The molecule has 0 amide bonds. The lowest BCUT2D eigenvalue weighted by molar-refractivity contribution is -0.137. The maximum Gasteiger partial charge on any atom is 0.407 e. The summed E-state index contributed by atoms with van der Waals surface area (Å²) in [6.07, 6.45) is -2.82. The standard InChI is InChI=1S/C20H21F3N2O4S/c1-25(12-19(26)27)17(11-18(24)20(21,22)23)14-8-6-13(7-9-14)15-4-3-5-16(10-15)30(2,28)29/h3-11,18H,12,24H2,1-2H3,(H,26,27)/b17-11-. The van der Waals surface area contributed by atoms with Crippen molar-refractivity contribution in [3.63, 3.8) is 0 Å². The molecule has 0 aliphatic heterocycles. The lowest BCUT2D eigenvalue weighted by atomic mass is 10.0. The molecule has 0 aromatic heterocycles. The van der Waals surface area contributed by atoms with Crippen LogP contribution in [-0.2, 0) is 14.6 Å². The van der Waals surface area contributed by atoms with E-state index in [1.807, 2.05) is 0 Å². The summed E-state index contributed by atoms with van der Waals surface area (Å²) in [5.41, 5.74) is 6.81. The minimum Gasteiger partial charge on any atom is -0.480 e. The van der Waals surface area contributed by atoms with Gasteiger partial charge in [-0.25, -0.2) is 8.42 Å². The molecule has 0 aliphatic rings. The zero-order valence-corrected chi connectivity index (χ0v) is 17.0. The highest BCUT2D eigenvalue weighted by Crippen LogP contribution is 2.28. The van der Waals surface area contributed by atoms with Crippen molar-refractivity contribution in [2.45, 2.75) is 17.1 Å². The Hall–Kier alpha value is -2.85. The van der Waals surface area contributed by atoms with E-state index in [2.05, 4.69) is 0 Å². The predicted molar refractivity (Wildman–Crippen MR) is 107 cm³/mol. The molecular weight excluding hydrogens is 421 g/mol. The molecule has 6 nitrogen and oxygen atoms in total. The van der Waals surface area contributed by atoms with Crippen molar-refractivity contribution in [2.75, 3.05) is 19.8 Å². The van der Waals surface area contributed by atoms with Crippen LogP contribution in [0.2, 0.25) is 0 Å². The second kappa shape index (κ2) is 8.88. The molecular formula is C20H21F3N2O4S. The van der Waals surface area contributed by atoms with Gasteiger partial charge in [0.05, 0.1) is 4.90 Å². The van der Waals surface area contributed by atoms with Crippen molar-refractivity contribution >= 4 is 21.5 Å². The molecule has 0 bridgehead atoms. The Morgan fingerprint density at radius 1 is 1.17 bits per heavy atom. The number of likely N-dealkylation sites (N-methyl/N-ethyl adjacent to an activating group) is 1. The van der Waals surface area contributed by atoms with Gasteiger partial charge in [0.25, 0.3) is 0 Å². The smallest absolute Gasteiger partial charge is 0.407 e. The maximum absolute atomic E-state index is 12.9. The second-order valence-electron chi connectivity index (χ2n) is 6.75. The highest BCUT2D eigenvalue weighted by molar-refractivity contribution is 7.90. The van der Waals surface area contributed by atoms with Gasteiger partial charge in [-0.05, 0) is 34.9 Å². The van der Waals surface area contributed by atoms with Crippen LogP contribution in [0.15, 0.2) is 59.5 Å². The number of carboxylic acids is 1. The normalized spacial score (nSPS) is 13.7. The number of rotatable bonds is 7. The van der Waals surface area contributed by atoms with Crippen molar-refractivity contribution in [3.05, 3.63) is 60.2 Å². The highest BCUT2D eigenvalue weighted by Gasteiger charge is 2.36. The van der Waals surface area contributed by atoms with Gasteiger partial charge in [-0.15, -0.1) is 0 Å². The third-order valence-electron chi connectivity index (χ3n) is 4.28. The van der Waals surface area contributed by atoms with Gasteiger partial charge in [0, 0.05) is 19.0 Å². The zero-order chi connectivity index (χ0) is 22.7. The molecule has 0 fully saturated rings. The summed E-state index contributed by atoms with van der Waals surface area (Å²) in [5.74, 6) is -1.21. The number of nitrogens with zero attached hydrogens (tertiary/aromatic N) is 1. The number of aliphatic carboxylic acids is 1. The Bertz CT molecular complexity index is 1050. The van der Waals surface area contributed by atoms with Crippen LogP contribution in [0.25, 0.3) is 16.8 Å². The van der Waals surface area contributed by atoms with Gasteiger partial charge in [0.1, 0.15) is 12.6 Å². The molecule has 0 aliphatic carbocycles. The molecule has 2 rings (SSSR count). The van der Waals surface area contributed by atoms with Gasteiger partial charge in [-0.3, -0.25) is 4.79 Å². The quantitative estimate of drug-likeness (QED) is 0.684. The zero-order valence-electron chi connectivity index (χ0n) is 16.2. The average Bonchev–Trinajstić information content (AvgIpc) is 2.64. The predicted octanol–water partition coefficient (Wildman–Crippen LogP) is 3.00. The number of alkyl halides is 3. The van der Waals surface area contributed by atoms with Crippen LogP contribution in [0, 0.1) is 0 Å². The van der Waals surface area contributed by atoms with Gasteiger partial charge >= 0.3 is 12.1 Å². The van der Waals surface area contributed by atoms with Gasteiger partial charge in [-0.2, -0.15) is 13.2 Å². The fourth-order valence-corrected chi connectivity index (χ4v) is 3.40. The first-order valence-corrected chi connectivity index (χ1v) is 10.6. The van der Waals surface area contributed by atoms with Crippen LogP contribution in [-0.4, -0.2) is 56.5 Å². The number of sulfone groups is 1. The van der Waals surface area contributed by atoms with Gasteiger partial charge in [-0.1, -0.05) is 36.4 Å². The summed E-state index contributed by atoms with van der Waals surface area (Å²) in [5, 5.41) is 8.99. The van der Waals surface area contributed by atoms with Crippen molar-refractivity contribution < 1.29 is 31.5 Å². The molecule has 0 radical (unpaired) electrons. The molecule has 0 saturated carbocycles. The van der Waals surface area contributed by atoms with E-state index in [1.165, 1.54) is 31.3 Å². The van der Waals surface area contributed by atoms with E-state index in [4.69, 9.17) is 10.8 Å². The molecule has 1 unspecified atom stereocenters. The Labute approximate surface area is 172 Å². The average molecular weight is 442 g/mol. The van der Waals surface area contributed by atoms with E-state index in [9.17, 15) is 26.4 Å². The summed E-state index contributed by atoms with van der Waals surface area (Å²) in [6, 6.07) is 10.3. The van der Waals surface area contributed by atoms with Gasteiger partial charge in [0.2, 0.25) is 0 Å². The Balaban J connectivity index is 2.45. The first kappa shape index (κ1) is 23.4. The first-order chi connectivity index (χ1) is 13.8. The molecule has 2 aromatic carbocycles. The topological polar surface area (TPSA) is 101 Å². The number of hydrogen-bond donors (Lipinski definition) is 2. The molecule has 0 heterocycles. The SMILES string of the molecule is CN(CC(=O)O)/C(=C\C(N)C(F)(F)F)c1ccc(-c2cccc(S(C)(=O)=O)c2)cc1. The molecule has 2 aromatic rings. The minimum absolute atomic E-state index is 0.0126. The largest absolute Gasteiger partial charge is 0.480 e. The van der Waals surface area contributed by atoms with E-state index in [-0.39, 0.29) is 10.6 Å². The Morgan fingerprint density at radius 2 is 1.77 bits per heavy atom. The Kier molecular flexibility index (Phi) is 6.94. The first-order valence-electron chi connectivity index (χ1n) is 8.67. The minimum atomic E-state index is -4.68. The lowest BCUT2D eigenvalue weighted by Crippen LogP contribution is -2.37. The number of hydrogen-bond acceptors (Lipinski definition) is 5. The number of halogens is 3. The van der Waals surface area contributed by atoms with Crippen LogP contribution in [0.5, 0.6) is 0 Å². The number of nitrogens with two attached hydrogens (primary N) is 1. The van der Waals surface area contributed by atoms with Gasteiger partial charge in [0.15, 0.2) is 9.84 Å². The number of carbonyl (C=O) groups is 1. The van der Waals surface area contributed by atoms with Crippen LogP contribution < -0.4 is 5.73 Å². The molecule has 0 spiro atoms. The number of carboxylic acid groups (broad SMARTS) is 1. The van der Waals surface area contributed by atoms with Gasteiger partial charge < -0.3 is 15.7 Å². The second-order valence-corrected chi connectivity index (χ2v) is 8.76. The van der Waals surface area contributed by atoms with Crippen LogP contribution >= 0.6 is 0 Å². The van der Waals surface area contributed by atoms with Crippen molar-refractivity contribution in [1.82, 2.24) is 4.90 Å². The fourth-order valence-electron chi connectivity index (χ4n) is 2.74. The summed E-state index contributed by atoms with van der Waals surface area (Å²) in [7, 11) is -2.04. The summed E-state index contributed by atoms with van der Waals surface area (Å²) >= 11 is 0. The third kappa shape index (κ3) is 6.07. The van der Waals surface area contributed by atoms with E-state index in [0.717, 1.165) is 17.2 Å². The lowest BCUT2D eigenvalue weighted by Gasteiger charge is -2.23. The van der Waals surface area contributed by atoms with Crippen LogP contribution in [0.4, 0.5) is 13.2 Å². The molecule has 10 heteroatoms. The van der Waals surface area contributed by atoms with E-state index in [0.29, 0.717) is 16.7 Å². The molecule has 30 heavy (non-hydrogen) atoms. The highest BCUT2D eigenvalue weighted by atomic mass is 32.2. The van der Waals surface area contributed by atoms with Crippen molar-refractivity contribution in [1.29, 1.82) is 0 Å². The summed E-state index contributed by atoms with van der Waals surface area (Å²) in [4.78, 5) is 12.3. The number of benzene rings is 2. The molecule has 0 saturated heterocycles. The summed E-state index contributed by atoms with van der Waals surface area (Å²) < 4.78 is 62.2. The maximum atomic E-state index is 12.9. The monoisotopic (exact) mass is 442 g/mol. The molecule has 3 N–H and O–H groups in total. The molecule has 1 atom stereocenters. The van der Waals surface area contributed by atoms with Crippen LogP contribution in [0.3, 0.4) is 0 Å². The Morgan fingerprint density at radius 3 is 2.27 bits per heavy atom. The third-order valence-corrected chi connectivity index (χ3v) is 5.39. The fraction of sp³-hybridized carbons (Fsp3) is 0.250. The van der Waals surface area contributed by atoms with E-state index >= 15 is 0 Å². The van der Waals surface area contributed by atoms with Crippen LogP contribution in [0.1, 0.15) is 5.56 Å². The summed E-state index contributed by atoms with van der Waals surface area (Å²) in [6.45, 7) is -0.519. The van der Waals surface area contributed by atoms with Crippen molar-refractivity contribution in [2.24, 2.45) is 5.73 Å². The van der Waals surface area contributed by atoms with Crippen molar-refractivity contribution in [3.8, 4) is 11.1 Å². The van der Waals surface area contributed by atoms with E-state index in [1.54, 1.807) is 24.3 Å².